The monoisotopic (exact) mass is 470 g/mol. The number of thiophene rings is 1. The van der Waals surface area contributed by atoms with E-state index in [1.807, 2.05) is 32.2 Å². The van der Waals surface area contributed by atoms with Crippen molar-refractivity contribution >= 4 is 23.2 Å². The summed E-state index contributed by atoms with van der Waals surface area (Å²) in [6, 6.07) is 13.3. The van der Waals surface area contributed by atoms with Crippen molar-refractivity contribution < 1.29 is 18.4 Å². The molecule has 4 nitrogen and oxygen atoms in total. The fraction of sp³-hybridized carbons (Fsp3) is 0.308. The number of hydrogen-bond acceptors (Lipinski definition) is 3. The van der Waals surface area contributed by atoms with Crippen molar-refractivity contribution in [1.82, 2.24) is 9.80 Å². The highest BCUT2D eigenvalue weighted by atomic mass is 32.1. The van der Waals surface area contributed by atoms with Crippen LogP contribution < -0.4 is 0 Å². The Kier molecular flexibility index (Phi) is 8.33. The molecule has 0 aliphatic heterocycles. The molecule has 2 amide bonds. The molecule has 1 aromatic heterocycles. The highest BCUT2D eigenvalue weighted by molar-refractivity contribution is 7.10. The molecule has 0 radical (unpaired) electrons. The highest BCUT2D eigenvalue weighted by Gasteiger charge is 2.26. The van der Waals surface area contributed by atoms with E-state index in [4.69, 9.17) is 0 Å². The topological polar surface area (TPSA) is 40.6 Å². The van der Waals surface area contributed by atoms with Gasteiger partial charge < -0.3 is 9.80 Å². The molecule has 3 aromatic rings. The highest BCUT2D eigenvalue weighted by Crippen LogP contribution is 2.21. The molecule has 0 bridgehead atoms. The van der Waals surface area contributed by atoms with Crippen LogP contribution in [0.3, 0.4) is 0 Å². The van der Waals surface area contributed by atoms with E-state index < -0.39 is 5.82 Å². The number of aryl methyl sites for hydroxylation is 1. The van der Waals surface area contributed by atoms with Crippen LogP contribution >= 0.6 is 11.3 Å². The molecule has 2 aromatic carbocycles. The summed E-state index contributed by atoms with van der Waals surface area (Å²) in [7, 11) is 0. The van der Waals surface area contributed by atoms with Crippen molar-refractivity contribution in [2.24, 2.45) is 0 Å². The van der Waals surface area contributed by atoms with Crippen molar-refractivity contribution in [3.05, 3.63) is 93.2 Å². The van der Waals surface area contributed by atoms with Crippen molar-refractivity contribution in [1.29, 1.82) is 0 Å². The zero-order valence-electron chi connectivity index (χ0n) is 19.1. The Morgan fingerprint density at radius 1 is 1.00 bits per heavy atom. The number of hydrogen-bond donors (Lipinski definition) is 0. The first-order valence-corrected chi connectivity index (χ1v) is 11.8. The first kappa shape index (κ1) is 24.6. The number of nitrogens with zero attached hydrogens (tertiary/aromatic N) is 2. The van der Waals surface area contributed by atoms with E-state index in [0.29, 0.717) is 19.5 Å². The van der Waals surface area contributed by atoms with Crippen LogP contribution in [0.2, 0.25) is 0 Å². The second kappa shape index (κ2) is 11.2. The third-order valence-electron chi connectivity index (χ3n) is 5.70. The molecule has 1 unspecified atom stereocenters. The van der Waals surface area contributed by atoms with Crippen molar-refractivity contribution in [3.63, 3.8) is 0 Å². The third-order valence-corrected chi connectivity index (χ3v) is 6.71. The normalized spacial score (nSPS) is 11.8. The minimum atomic E-state index is -0.498. The van der Waals surface area contributed by atoms with Gasteiger partial charge in [-0.1, -0.05) is 25.1 Å². The third kappa shape index (κ3) is 6.48. The lowest BCUT2D eigenvalue weighted by molar-refractivity contribution is -0.133. The average Bonchev–Trinajstić information content (AvgIpc) is 3.21. The fourth-order valence-corrected chi connectivity index (χ4v) is 4.38. The van der Waals surface area contributed by atoms with Crippen LogP contribution in [0.25, 0.3) is 0 Å². The molecule has 174 valence electrons. The van der Waals surface area contributed by atoms with Crippen LogP contribution in [0.15, 0.2) is 60.0 Å². The second-order valence-corrected chi connectivity index (χ2v) is 9.10. The molecule has 0 spiro atoms. The maximum Gasteiger partial charge on any atom is 0.254 e. The Balaban J connectivity index is 1.85. The van der Waals surface area contributed by atoms with Crippen molar-refractivity contribution in [2.45, 2.75) is 46.3 Å². The number of carbonyl (C=O) groups is 2. The number of halogens is 2. The molecular weight excluding hydrogens is 442 g/mol. The summed E-state index contributed by atoms with van der Waals surface area (Å²) in [5.74, 6) is -1.44. The van der Waals surface area contributed by atoms with E-state index in [-0.39, 0.29) is 35.8 Å². The van der Waals surface area contributed by atoms with Gasteiger partial charge in [0, 0.05) is 23.0 Å². The maximum atomic E-state index is 13.7. The zero-order valence-corrected chi connectivity index (χ0v) is 19.9. The van der Waals surface area contributed by atoms with Crippen LogP contribution in [0.5, 0.6) is 0 Å². The fourth-order valence-electron chi connectivity index (χ4n) is 3.46. The molecule has 0 saturated heterocycles. The zero-order chi connectivity index (χ0) is 24.0. The number of amides is 2. The predicted octanol–water partition coefficient (Wildman–Crippen LogP) is 5.80. The van der Waals surface area contributed by atoms with Gasteiger partial charge in [-0.2, -0.15) is 0 Å². The summed E-state index contributed by atoms with van der Waals surface area (Å²) in [6.45, 7) is 6.35. The predicted molar refractivity (Wildman–Crippen MR) is 127 cm³/mol. The van der Waals surface area contributed by atoms with Crippen molar-refractivity contribution in [2.75, 3.05) is 6.54 Å². The van der Waals surface area contributed by atoms with Gasteiger partial charge in [0.05, 0.1) is 6.54 Å². The molecule has 1 atom stereocenters. The van der Waals surface area contributed by atoms with Gasteiger partial charge in [0.25, 0.3) is 5.91 Å². The van der Waals surface area contributed by atoms with Crippen LogP contribution in [0.1, 0.15) is 46.6 Å². The summed E-state index contributed by atoms with van der Waals surface area (Å²) in [5, 5.41) is 1.98. The summed E-state index contributed by atoms with van der Waals surface area (Å²) in [4.78, 5) is 30.9. The van der Waals surface area contributed by atoms with Crippen LogP contribution in [-0.4, -0.2) is 34.2 Å². The van der Waals surface area contributed by atoms with Crippen LogP contribution in [0.4, 0.5) is 8.78 Å². The Hall–Kier alpha value is -3.06. The quantitative estimate of drug-likeness (QED) is 0.396. The minimum Gasteiger partial charge on any atom is -0.332 e. The van der Waals surface area contributed by atoms with E-state index in [1.165, 1.54) is 35.2 Å². The number of rotatable bonds is 9. The SMILES string of the molecule is CCC(C)N(CC(=O)N(Cc1ccc(F)cc1)Cc1sccc1C)C(=O)c1cccc(F)c1. The smallest absolute Gasteiger partial charge is 0.254 e. The summed E-state index contributed by atoms with van der Waals surface area (Å²) >= 11 is 1.57. The van der Waals surface area contributed by atoms with Gasteiger partial charge in [-0.05, 0) is 73.2 Å². The average molecular weight is 471 g/mol. The summed E-state index contributed by atoms with van der Waals surface area (Å²) < 4.78 is 27.1. The molecule has 3 rings (SSSR count). The summed E-state index contributed by atoms with van der Waals surface area (Å²) in [5.41, 5.74) is 2.10. The lowest BCUT2D eigenvalue weighted by Gasteiger charge is -2.31. The Labute approximate surface area is 197 Å². The van der Waals surface area contributed by atoms with Gasteiger partial charge in [-0.25, -0.2) is 8.78 Å². The lowest BCUT2D eigenvalue weighted by atomic mass is 10.1. The molecule has 33 heavy (non-hydrogen) atoms. The van der Waals surface area contributed by atoms with E-state index in [0.717, 1.165) is 16.0 Å². The largest absolute Gasteiger partial charge is 0.332 e. The maximum absolute atomic E-state index is 13.7. The molecule has 7 heteroatoms. The first-order chi connectivity index (χ1) is 15.8. The molecular formula is C26H28F2N2O2S. The van der Waals surface area contributed by atoms with Crippen molar-refractivity contribution in [3.8, 4) is 0 Å². The first-order valence-electron chi connectivity index (χ1n) is 10.9. The van der Waals surface area contributed by atoms with E-state index >= 15 is 0 Å². The molecule has 0 N–H and O–H groups in total. The van der Waals surface area contributed by atoms with Gasteiger partial charge in [0.2, 0.25) is 5.91 Å². The van der Waals surface area contributed by atoms with E-state index in [9.17, 15) is 18.4 Å². The molecule has 0 aliphatic rings. The van der Waals surface area contributed by atoms with Gasteiger partial charge in [-0.15, -0.1) is 11.3 Å². The Morgan fingerprint density at radius 2 is 1.73 bits per heavy atom. The molecule has 1 heterocycles. The van der Waals surface area contributed by atoms with E-state index in [1.54, 1.807) is 34.4 Å². The van der Waals surface area contributed by atoms with Crippen LogP contribution in [-0.2, 0) is 17.9 Å². The standard InChI is InChI=1S/C26H28F2N2O2S/c1-4-19(3)30(26(32)21-6-5-7-23(28)14-21)17-25(31)29(16-24-18(2)12-13-33-24)15-20-8-10-22(27)11-9-20/h5-14,19H,4,15-17H2,1-3H3. The molecule has 0 fully saturated rings. The van der Waals surface area contributed by atoms with Crippen LogP contribution in [0, 0.1) is 18.6 Å². The van der Waals surface area contributed by atoms with E-state index in [2.05, 4.69) is 0 Å². The van der Waals surface area contributed by atoms with Gasteiger partial charge >= 0.3 is 0 Å². The number of benzene rings is 2. The Morgan fingerprint density at radius 3 is 2.33 bits per heavy atom. The molecule has 0 aliphatic carbocycles. The molecule has 0 saturated carbocycles. The lowest BCUT2D eigenvalue weighted by Crippen LogP contribution is -2.46. The second-order valence-electron chi connectivity index (χ2n) is 8.10. The minimum absolute atomic E-state index is 0.129. The van der Waals surface area contributed by atoms with Gasteiger partial charge in [-0.3, -0.25) is 9.59 Å². The Bertz CT molecular complexity index is 1100. The number of carbonyl (C=O) groups excluding carboxylic acids is 2. The van der Waals surface area contributed by atoms with Gasteiger partial charge in [0.15, 0.2) is 0 Å². The summed E-state index contributed by atoms with van der Waals surface area (Å²) in [6.07, 6.45) is 0.649. The van der Waals surface area contributed by atoms with Gasteiger partial charge in [0.1, 0.15) is 18.2 Å².